The molecule has 0 saturated heterocycles. The van der Waals surface area contributed by atoms with E-state index in [-0.39, 0.29) is 12.1 Å². The van der Waals surface area contributed by atoms with Gasteiger partial charge < -0.3 is 4.98 Å². The molecule has 0 aliphatic carbocycles. The summed E-state index contributed by atoms with van der Waals surface area (Å²) in [5.74, 6) is -7.59. The van der Waals surface area contributed by atoms with E-state index in [4.69, 9.17) is 0 Å². The second kappa shape index (κ2) is 5.67. The summed E-state index contributed by atoms with van der Waals surface area (Å²) >= 11 is 2.49. The van der Waals surface area contributed by atoms with Crippen molar-refractivity contribution in [3.8, 4) is 11.4 Å². The smallest absolute Gasteiger partial charge is 0.333 e. The molecule has 1 heterocycles. The van der Waals surface area contributed by atoms with Gasteiger partial charge in [-0.2, -0.15) is 35.1 Å². The number of imidazole rings is 1. The fourth-order valence-corrected chi connectivity index (χ4v) is 2.23. The van der Waals surface area contributed by atoms with Crippen molar-refractivity contribution in [3.63, 3.8) is 0 Å². The summed E-state index contributed by atoms with van der Waals surface area (Å²) in [7, 11) is 0. The first-order chi connectivity index (χ1) is 10.7. The van der Waals surface area contributed by atoms with Crippen LogP contribution in [0.5, 0.6) is 0 Å². The summed E-state index contributed by atoms with van der Waals surface area (Å²) in [4.78, 5) is 5.07. The van der Waals surface area contributed by atoms with Gasteiger partial charge in [-0.05, 0) is 28.1 Å². The maximum atomic E-state index is 13.8. The lowest BCUT2D eigenvalue weighted by atomic mass is 10.0. The van der Waals surface area contributed by atoms with E-state index in [1.54, 1.807) is 4.98 Å². The Bertz CT molecular complexity index is 761. The molecule has 0 amide bonds. The molecule has 0 atom stereocenters. The van der Waals surface area contributed by atoms with Crippen LogP contribution < -0.4 is 0 Å². The Morgan fingerprint density at radius 1 is 0.958 bits per heavy atom. The number of nitrogens with one attached hydrogen (secondary N) is 1. The number of halogens is 10. The first-order valence-electron chi connectivity index (χ1n) is 5.83. The van der Waals surface area contributed by atoms with Crippen molar-refractivity contribution in [1.29, 1.82) is 0 Å². The molecule has 0 fully saturated rings. The number of alkyl halides is 8. The number of nitrogens with zero attached hydrogens (tertiary/aromatic N) is 1. The molecule has 24 heavy (non-hydrogen) atoms. The third-order valence-corrected chi connectivity index (χ3v) is 3.46. The Kier molecular flexibility index (Phi) is 4.40. The van der Waals surface area contributed by atoms with E-state index < -0.39 is 51.3 Å². The molecule has 132 valence electrons. The van der Waals surface area contributed by atoms with Gasteiger partial charge in [-0.1, -0.05) is 6.07 Å². The van der Waals surface area contributed by atoms with Crippen molar-refractivity contribution in [2.45, 2.75) is 18.3 Å². The van der Waals surface area contributed by atoms with Crippen LogP contribution in [0.2, 0.25) is 0 Å². The highest BCUT2D eigenvalue weighted by molar-refractivity contribution is 9.10. The van der Waals surface area contributed by atoms with Crippen molar-refractivity contribution in [3.05, 3.63) is 39.9 Å². The van der Waals surface area contributed by atoms with E-state index in [9.17, 15) is 39.5 Å². The van der Waals surface area contributed by atoms with Crippen molar-refractivity contribution < 1.29 is 39.5 Å². The van der Waals surface area contributed by atoms with Crippen molar-refractivity contribution in [2.24, 2.45) is 0 Å². The van der Waals surface area contributed by atoms with Crippen molar-refractivity contribution in [2.75, 3.05) is 0 Å². The average Bonchev–Trinajstić information content (AvgIpc) is 2.79. The predicted molar refractivity (Wildman–Crippen MR) is 66.6 cm³/mol. The Morgan fingerprint density at radius 2 is 1.54 bits per heavy atom. The lowest BCUT2D eigenvalue weighted by Gasteiger charge is -2.20. The highest BCUT2D eigenvalue weighted by Gasteiger charge is 2.58. The van der Waals surface area contributed by atoms with Gasteiger partial charge in [0, 0.05) is 5.56 Å². The molecular formula is C12H4BrF9N2. The zero-order valence-corrected chi connectivity index (χ0v) is 12.5. The molecule has 1 aromatic heterocycles. The first kappa shape index (κ1) is 18.6. The molecule has 0 aliphatic heterocycles. The minimum atomic E-state index is -5.95. The second-order valence-electron chi connectivity index (χ2n) is 4.52. The molecule has 0 unspecified atom stereocenters. The van der Waals surface area contributed by atoms with Crippen LogP contribution in [0.4, 0.5) is 39.5 Å². The van der Waals surface area contributed by atoms with E-state index in [1.807, 2.05) is 0 Å². The third kappa shape index (κ3) is 3.23. The van der Waals surface area contributed by atoms with Gasteiger partial charge in [-0.25, -0.2) is 9.37 Å². The van der Waals surface area contributed by atoms with Gasteiger partial charge in [0.2, 0.25) is 0 Å². The highest BCUT2D eigenvalue weighted by Crippen LogP contribution is 2.44. The molecule has 0 aliphatic rings. The molecule has 2 rings (SSSR count). The zero-order chi connectivity index (χ0) is 18.5. The maximum absolute atomic E-state index is 13.8. The summed E-state index contributed by atoms with van der Waals surface area (Å²) in [6, 6.07) is 0.637. The van der Waals surface area contributed by atoms with Crippen LogP contribution >= 0.6 is 15.9 Å². The summed E-state index contributed by atoms with van der Waals surface area (Å²) < 4.78 is 114. The minimum absolute atomic E-state index is 0.105. The third-order valence-electron chi connectivity index (χ3n) is 2.89. The Hall–Kier alpha value is -1.72. The van der Waals surface area contributed by atoms with Crippen LogP contribution in [0.25, 0.3) is 11.4 Å². The van der Waals surface area contributed by atoms with E-state index in [0.717, 1.165) is 0 Å². The normalized spacial score (nSPS) is 13.4. The standard InChI is InChI=1S/C12H4BrF9N2/c13-8-7(11(17,18)19)23-9(24-8)5-2-1-4(3-6(5)14)10(15,16)12(20,21)22/h1-3H,(H,23,24). The first-order valence-corrected chi connectivity index (χ1v) is 6.62. The van der Waals surface area contributed by atoms with Gasteiger partial charge in [0.25, 0.3) is 0 Å². The Labute approximate surface area is 135 Å². The lowest BCUT2D eigenvalue weighted by molar-refractivity contribution is -0.289. The van der Waals surface area contributed by atoms with Crippen molar-refractivity contribution in [1.82, 2.24) is 9.97 Å². The minimum Gasteiger partial charge on any atom is -0.333 e. The number of aromatic amines is 1. The number of hydrogen-bond donors (Lipinski definition) is 1. The number of H-pyrrole nitrogens is 1. The van der Waals surface area contributed by atoms with Crippen molar-refractivity contribution >= 4 is 15.9 Å². The quantitative estimate of drug-likeness (QED) is 0.617. The maximum Gasteiger partial charge on any atom is 0.458 e. The summed E-state index contributed by atoms with van der Waals surface area (Å²) in [5, 5.41) is 0. The fourth-order valence-electron chi connectivity index (χ4n) is 1.73. The average molecular weight is 427 g/mol. The summed E-state index contributed by atoms with van der Waals surface area (Å²) in [6.07, 6.45) is -10.8. The van der Waals surface area contributed by atoms with Gasteiger partial charge in [0.15, 0.2) is 5.69 Å². The molecule has 0 spiro atoms. The molecule has 1 aromatic carbocycles. The summed E-state index contributed by atoms with van der Waals surface area (Å²) in [5.41, 5.74) is -3.74. The van der Waals surface area contributed by atoms with Crippen LogP contribution in [-0.2, 0) is 12.1 Å². The van der Waals surface area contributed by atoms with Crippen LogP contribution in [0.3, 0.4) is 0 Å². The lowest BCUT2D eigenvalue weighted by Crippen LogP contribution is -2.33. The van der Waals surface area contributed by atoms with Gasteiger partial charge in [-0.15, -0.1) is 0 Å². The van der Waals surface area contributed by atoms with Gasteiger partial charge >= 0.3 is 18.3 Å². The predicted octanol–water partition coefficient (Wildman–Crippen LogP) is 5.65. The fraction of sp³-hybridized carbons (Fsp3) is 0.250. The molecule has 0 radical (unpaired) electrons. The molecule has 12 heteroatoms. The molecule has 0 bridgehead atoms. The Morgan fingerprint density at radius 3 is 1.96 bits per heavy atom. The van der Waals surface area contributed by atoms with E-state index in [0.29, 0.717) is 6.07 Å². The largest absolute Gasteiger partial charge is 0.458 e. The molecule has 1 N–H and O–H groups in total. The van der Waals surface area contributed by atoms with Crippen LogP contribution in [-0.4, -0.2) is 16.1 Å². The molecule has 2 aromatic rings. The van der Waals surface area contributed by atoms with Crippen LogP contribution in [0.1, 0.15) is 11.3 Å². The summed E-state index contributed by atoms with van der Waals surface area (Å²) in [6.45, 7) is 0. The van der Waals surface area contributed by atoms with Crippen LogP contribution in [0.15, 0.2) is 22.8 Å². The van der Waals surface area contributed by atoms with E-state index in [1.165, 1.54) is 0 Å². The zero-order valence-electron chi connectivity index (χ0n) is 11.0. The second-order valence-corrected chi connectivity index (χ2v) is 5.27. The molecule has 2 nitrogen and oxygen atoms in total. The van der Waals surface area contributed by atoms with Gasteiger partial charge in [0.05, 0.1) is 5.56 Å². The van der Waals surface area contributed by atoms with Crippen LogP contribution in [0, 0.1) is 5.82 Å². The molecular weight excluding hydrogens is 423 g/mol. The topological polar surface area (TPSA) is 28.7 Å². The SMILES string of the molecule is Fc1cc(C(F)(F)C(F)(F)F)ccc1-c1nc(Br)c(C(F)(F)F)[nH]1. The number of hydrogen-bond acceptors (Lipinski definition) is 1. The number of rotatable bonds is 2. The van der Waals surface area contributed by atoms with E-state index in [2.05, 4.69) is 20.9 Å². The number of benzene rings is 1. The van der Waals surface area contributed by atoms with Gasteiger partial charge in [0.1, 0.15) is 16.2 Å². The van der Waals surface area contributed by atoms with E-state index >= 15 is 0 Å². The monoisotopic (exact) mass is 426 g/mol. The highest BCUT2D eigenvalue weighted by atomic mass is 79.9. The Balaban J connectivity index is 2.49. The number of aromatic nitrogens is 2. The molecule has 0 saturated carbocycles. The van der Waals surface area contributed by atoms with Gasteiger partial charge in [-0.3, -0.25) is 0 Å².